The fraction of sp³-hybridized carbons (Fsp3) is 0.588. The minimum Gasteiger partial charge on any atom is -0.457 e. The van der Waals surface area contributed by atoms with Crippen LogP contribution in [0.4, 0.5) is 0 Å². The third kappa shape index (κ3) is 3.47. The van der Waals surface area contributed by atoms with Crippen LogP contribution in [0.15, 0.2) is 4.79 Å². The molecule has 0 aromatic carbocycles. The molecule has 1 fully saturated rings. The predicted octanol–water partition coefficient (Wildman–Crippen LogP) is 3.33. The minimum atomic E-state index is -0.187. The Morgan fingerprint density at radius 3 is 2.87 bits per heavy atom. The van der Waals surface area contributed by atoms with E-state index in [9.17, 15) is 9.59 Å². The number of nitrogens with one attached hydrogen (secondary N) is 1. The molecule has 1 aliphatic rings. The monoisotopic (exact) mass is 334 g/mol. The van der Waals surface area contributed by atoms with Gasteiger partial charge in [0.2, 0.25) is 0 Å². The molecule has 124 valence electrons. The Kier molecular flexibility index (Phi) is 4.53. The highest BCUT2D eigenvalue weighted by atomic mass is 32.1. The van der Waals surface area contributed by atoms with Gasteiger partial charge in [-0.3, -0.25) is 9.59 Å². The lowest BCUT2D eigenvalue weighted by molar-refractivity contribution is -0.146. The number of aromatic nitrogens is 2. The number of hydrogen-bond acceptors (Lipinski definition) is 5. The summed E-state index contributed by atoms with van der Waals surface area (Å²) in [5.41, 5.74) is 0.977. The number of aryl methyl sites for hydroxylation is 1. The number of thiophene rings is 1. The molecule has 0 spiro atoms. The van der Waals surface area contributed by atoms with Crippen LogP contribution in [0.3, 0.4) is 0 Å². The molecule has 0 radical (unpaired) electrons. The van der Waals surface area contributed by atoms with Crippen molar-refractivity contribution in [2.75, 3.05) is 0 Å². The summed E-state index contributed by atoms with van der Waals surface area (Å²) < 4.78 is 5.21. The molecule has 6 heteroatoms. The molecule has 5 nitrogen and oxygen atoms in total. The Labute approximate surface area is 139 Å². The first-order valence-electron chi connectivity index (χ1n) is 8.17. The van der Waals surface area contributed by atoms with Crippen molar-refractivity contribution in [3.05, 3.63) is 26.6 Å². The average Bonchev–Trinajstić information content (AvgIpc) is 3.31. The zero-order valence-corrected chi connectivity index (χ0v) is 14.6. The Balaban J connectivity index is 1.86. The second-order valence-electron chi connectivity index (χ2n) is 6.43. The summed E-state index contributed by atoms with van der Waals surface area (Å²) in [4.78, 5) is 33.2. The van der Waals surface area contributed by atoms with Crippen molar-refractivity contribution >= 4 is 27.5 Å². The van der Waals surface area contributed by atoms with E-state index in [0.29, 0.717) is 17.1 Å². The molecule has 1 saturated carbocycles. The minimum absolute atomic E-state index is 0.0398. The Hall–Kier alpha value is -1.69. The van der Waals surface area contributed by atoms with Crippen molar-refractivity contribution in [2.45, 2.75) is 53.1 Å². The van der Waals surface area contributed by atoms with E-state index in [1.165, 1.54) is 0 Å². The molecule has 0 bridgehead atoms. The maximum atomic E-state index is 12.5. The number of esters is 1. The van der Waals surface area contributed by atoms with Gasteiger partial charge in [-0.05, 0) is 37.7 Å². The number of nitrogens with zero attached hydrogens (tertiary/aromatic N) is 1. The number of carbonyl (C=O) groups excluding carboxylic acids is 1. The molecular weight excluding hydrogens is 312 g/mol. The topological polar surface area (TPSA) is 72.0 Å². The highest BCUT2D eigenvalue weighted by Gasteiger charge is 2.31. The summed E-state index contributed by atoms with van der Waals surface area (Å²) >= 11 is 1.54. The zero-order chi connectivity index (χ0) is 16.6. The summed E-state index contributed by atoms with van der Waals surface area (Å²) in [6.07, 6.45) is 3.79. The summed E-state index contributed by atoms with van der Waals surface area (Å²) in [5.74, 6) is 0.821. The van der Waals surface area contributed by atoms with E-state index in [0.717, 1.165) is 41.0 Å². The quantitative estimate of drug-likeness (QED) is 0.823. The molecular formula is C17H22N2O3S. The van der Waals surface area contributed by atoms with Crippen molar-refractivity contribution in [3.63, 3.8) is 0 Å². The molecule has 1 atom stereocenters. The molecule has 0 amide bonds. The second kappa shape index (κ2) is 6.43. The van der Waals surface area contributed by atoms with Gasteiger partial charge in [-0.1, -0.05) is 20.3 Å². The van der Waals surface area contributed by atoms with Crippen molar-refractivity contribution in [1.29, 1.82) is 0 Å². The summed E-state index contributed by atoms with van der Waals surface area (Å²) in [6.45, 7) is 6.42. The molecule has 1 N–H and O–H groups in total. The van der Waals surface area contributed by atoms with E-state index in [1.807, 2.05) is 6.92 Å². The molecule has 2 aromatic rings. The van der Waals surface area contributed by atoms with Gasteiger partial charge in [-0.2, -0.15) is 0 Å². The second-order valence-corrected chi connectivity index (χ2v) is 7.63. The van der Waals surface area contributed by atoms with E-state index in [1.54, 1.807) is 11.3 Å². The van der Waals surface area contributed by atoms with E-state index in [4.69, 9.17) is 4.74 Å². The van der Waals surface area contributed by atoms with Crippen LogP contribution in [0.25, 0.3) is 10.2 Å². The van der Waals surface area contributed by atoms with Crippen LogP contribution in [0.5, 0.6) is 0 Å². The SMILES string of the molecule is CC[C@@H](C)Cc1c(C)sc2nc(COC(=O)C3CC3)[nH]c(=O)c12. The zero-order valence-electron chi connectivity index (χ0n) is 13.8. The lowest BCUT2D eigenvalue weighted by Gasteiger charge is -2.08. The Bertz CT molecular complexity index is 789. The van der Waals surface area contributed by atoms with Gasteiger partial charge in [0, 0.05) is 4.88 Å². The van der Waals surface area contributed by atoms with Gasteiger partial charge in [-0.15, -0.1) is 11.3 Å². The standard InChI is InChI=1S/C17H22N2O3S/c1-4-9(2)7-12-10(3)23-16-14(12)15(20)18-13(19-16)8-22-17(21)11-5-6-11/h9,11H,4-8H2,1-3H3,(H,18,19,20)/t9-/m1/s1. The highest BCUT2D eigenvalue weighted by molar-refractivity contribution is 7.18. The maximum absolute atomic E-state index is 12.5. The third-order valence-corrected chi connectivity index (χ3v) is 5.46. The lowest BCUT2D eigenvalue weighted by atomic mass is 9.98. The largest absolute Gasteiger partial charge is 0.457 e. The van der Waals surface area contributed by atoms with Crippen LogP contribution in [-0.2, 0) is 22.6 Å². The van der Waals surface area contributed by atoms with Crippen molar-refractivity contribution in [1.82, 2.24) is 9.97 Å². The van der Waals surface area contributed by atoms with Crippen molar-refractivity contribution in [3.8, 4) is 0 Å². The number of rotatable bonds is 6. The van der Waals surface area contributed by atoms with E-state index in [-0.39, 0.29) is 24.1 Å². The van der Waals surface area contributed by atoms with Gasteiger partial charge in [0.1, 0.15) is 17.3 Å². The molecule has 0 aliphatic heterocycles. The van der Waals surface area contributed by atoms with Crippen LogP contribution in [0.1, 0.15) is 49.4 Å². The van der Waals surface area contributed by atoms with Crippen LogP contribution in [0.2, 0.25) is 0 Å². The van der Waals surface area contributed by atoms with Crippen LogP contribution < -0.4 is 5.56 Å². The number of carbonyl (C=O) groups is 1. The van der Waals surface area contributed by atoms with Crippen molar-refractivity contribution < 1.29 is 9.53 Å². The molecule has 0 saturated heterocycles. The predicted molar refractivity (Wildman–Crippen MR) is 90.7 cm³/mol. The number of H-pyrrole nitrogens is 1. The Morgan fingerprint density at radius 1 is 1.48 bits per heavy atom. The highest BCUT2D eigenvalue weighted by Crippen LogP contribution is 2.31. The molecule has 2 heterocycles. The first-order chi connectivity index (χ1) is 11.0. The molecule has 3 rings (SSSR count). The first kappa shape index (κ1) is 16.2. The number of aromatic amines is 1. The number of hydrogen-bond donors (Lipinski definition) is 1. The summed E-state index contributed by atoms with van der Waals surface area (Å²) in [5, 5.41) is 0.699. The number of ether oxygens (including phenoxy) is 1. The van der Waals surface area contributed by atoms with Gasteiger partial charge in [0.15, 0.2) is 0 Å². The van der Waals surface area contributed by atoms with E-state index in [2.05, 4.69) is 23.8 Å². The van der Waals surface area contributed by atoms with E-state index >= 15 is 0 Å². The smallest absolute Gasteiger partial charge is 0.309 e. The normalized spacial score (nSPS) is 15.8. The first-order valence-corrected chi connectivity index (χ1v) is 8.99. The van der Waals surface area contributed by atoms with Gasteiger partial charge >= 0.3 is 5.97 Å². The summed E-state index contributed by atoms with van der Waals surface area (Å²) in [6, 6.07) is 0. The average molecular weight is 334 g/mol. The van der Waals surface area contributed by atoms with Gasteiger partial charge in [0.05, 0.1) is 11.3 Å². The van der Waals surface area contributed by atoms with Gasteiger partial charge < -0.3 is 9.72 Å². The van der Waals surface area contributed by atoms with Gasteiger partial charge in [-0.25, -0.2) is 4.98 Å². The molecule has 23 heavy (non-hydrogen) atoms. The maximum Gasteiger partial charge on any atom is 0.309 e. The number of fused-ring (bicyclic) bond motifs is 1. The third-order valence-electron chi connectivity index (χ3n) is 4.42. The lowest BCUT2D eigenvalue weighted by Crippen LogP contribution is -2.15. The van der Waals surface area contributed by atoms with Crippen LogP contribution in [-0.4, -0.2) is 15.9 Å². The molecule has 0 unspecified atom stereocenters. The van der Waals surface area contributed by atoms with Gasteiger partial charge in [0.25, 0.3) is 5.56 Å². The fourth-order valence-electron chi connectivity index (χ4n) is 2.60. The van der Waals surface area contributed by atoms with E-state index < -0.39 is 0 Å². The summed E-state index contributed by atoms with van der Waals surface area (Å²) in [7, 11) is 0. The molecule has 1 aliphatic carbocycles. The van der Waals surface area contributed by atoms with Crippen LogP contribution in [0, 0.1) is 18.8 Å². The molecule has 2 aromatic heterocycles. The van der Waals surface area contributed by atoms with Crippen LogP contribution >= 0.6 is 11.3 Å². The Morgan fingerprint density at radius 2 is 2.22 bits per heavy atom. The van der Waals surface area contributed by atoms with Crippen molar-refractivity contribution in [2.24, 2.45) is 11.8 Å². The fourth-order valence-corrected chi connectivity index (χ4v) is 3.68.